The third kappa shape index (κ3) is 2.70. The summed E-state index contributed by atoms with van der Waals surface area (Å²) in [5, 5.41) is 1.36. The van der Waals surface area contributed by atoms with Gasteiger partial charge in [-0.25, -0.2) is 15.0 Å². The fraction of sp³-hybridized carbons (Fsp3) is 0.100. The van der Waals surface area contributed by atoms with Crippen LogP contribution in [-0.4, -0.2) is 15.0 Å². The molecule has 0 radical (unpaired) electrons. The van der Waals surface area contributed by atoms with Crippen LogP contribution in [0, 0.1) is 6.92 Å². The summed E-state index contributed by atoms with van der Waals surface area (Å²) >= 11 is 4.66. The molecule has 0 atom stereocenters. The van der Waals surface area contributed by atoms with Crippen LogP contribution < -0.4 is 5.73 Å². The first-order chi connectivity index (χ1) is 7.65. The molecular formula is C10H9BrN4S. The van der Waals surface area contributed by atoms with Gasteiger partial charge in [-0.3, -0.25) is 0 Å². The van der Waals surface area contributed by atoms with Gasteiger partial charge in [0, 0.05) is 23.1 Å². The maximum Gasteiger partial charge on any atom is 0.193 e. The molecule has 0 fully saturated rings. The zero-order valence-corrected chi connectivity index (χ0v) is 10.9. The molecule has 82 valence electrons. The number of aromatic nitrogens is 3. The zero-order valence-electron chi connectivity index (χ0n) is 8.51. The highest BCUT2D eigenvalue weighted by Crippen LogP contribution is 2.28. The number of rotatable bonds is 2. The molecule has 0 amide bonds. The smallest absolute Gasteiger partial charge is 0.193 e. The van der Waals surface area contributed by atoms with E-state index >= 15 is 0 Å². The quantitative estimate of drug-likeness (QED) is 0.863. The Labute approximate surface area is 106 Å². The van der Waals surface area contributed by atoms with Crippen molar-refractivity contribution in [1.82, 2.24) is 15.0 Å². The molecule has 0 aliphatic heterocycles. The number of hydrogen-bond acceptors (Lipinski definition) is 5. The molecule has 0 saturated carbocycles. The predicted octanol–water partition coefficient (Wildman–Crippen LogP) is 2.68. The molecule has 0 aliphatic rings. The highest BCUT2D eigenvalue weighted by Gasteiger charge is 2.06. The SMILES string of the molecule is Cc1cnc(Sc2ncc(Br)cc2N)nc1. The highest BCUT2D eigenvalue weighted by atomic mass is 79.9. The van der Waals surface area contributed by atoms with Crippen molar-refractivity contribution < 1.29 is 0 Å². The number of nitrogens with zero attached hydrogens (tertiary/aromatic N) is 3. The molecule has 16 heavy (non-hydrogen) atoms. The lowest BCUT2D eigenvalue weighted by molar-refractivity contribution is 0.945. The lowest BCUT2D eigenvalue weighted by Gasteiger charge is -2.03. The molecule has 0 unspecified atom stereocenters. The van der Waals surface area contributed by atoms with E-state index in [-0.39, 0.29) is 0 Å². The Bertz CT molecular complexity index is 501. The normalized spacial score (nSPS) is 10.4. The van der Waals surface area contributed by atoms with Crippen LogP contribution in [0.1, 0.15) is 5.56 Å². The van der Waals surface area contributed by atoms with Crippen LogP contribution >= 0.6 is 27.7 Å². The Kier molecular flexibility index (Phi) is 3.40. The topological polar surface area (TPSA) is 64.7 Å². The summed E-state index contributed by atoms with van der Waals surface area (Å²) in [7, 11) is 0. The highest BCUT2D eigenvalue weighted by molar-refractivity contribution is 9.10. The van der Waals surface area contributed by atoms with E-state index in [0.717, 1.165) is 10.0 Å². The average molecular weight is 297 g/mol. The van der Waals surface area contributed by atoms with Crippen molar-refractivity contribution in [3.05, 3.63) is 34.7 Å². The van der Waals surface area contributed by atoms with Crippen LogP contribution in [0.25, 0.3) is 0 Å². The number of aryl methyl sites for hydroxylation is 1. The van der Waals surface area contributed by atoms with Gasteiger partial charge in [-0.05, 0) is 46.2 Å². The van der Waals surface area contributed by atoms with Gasteiger partial charge in [0.1, 0.15) is 5.03 Å². The van der Waals surface area contributed by atoms with E-state index in [0.29, 0.717) is 15.9 Å². The second-order valence-corrected chi connectivity index (χ2v) is 5.06. The summed E-state index contributed by atoms with van der Waals surface area (Å²) in [5.74, 6) is 0. The summed E-state index contributed by atoms with van der Waals surface area (Å²) in [6.07, 6.45) is 5.24. The van der Waals surface area contributed by atoms with Crippen molar-refractivity contribution in [2.75, 3.05) is 5.73 Å². The van der Waals surface area contributed by atoms with E-state index in [1.165, 1.54) is 11.8 Å². The average Bonchev–Trinajstić information content (AvgIpc) is 2.25. The summed E-state index contributed by atoms with van der Waals surface area (Å²) in [6.45, 7) is 1.95. The third-order valence-corrected chi connectivity index (χ3v) is 3.15. The van der Waals surface area contributed by atoms with Crippen LogP contribution in [0.5, 0.6) is 0 Å². The molecular weight excluding hydrogens is 288 g/mol. The molecule has 0 aliphatic carbocycles. The first-order valence-electron chi connectivity index (χ1n) is 4.52. The Morgan fingerprint density at radius 1 is 1.19 bits per heavy atom. The van der Waals surface area contributed by atoms with Gasteiger partial charge >= 0.3 is 0 Å². The Hall–Kier alpha value is -1.14. The van der Waals surface area contributed by atoms with Crippen LogP contribution in [0.2, 0.25) is 0 Å². The zero-order chi connectivity index (χ0) is 11.5. The van der Waals surface area contributed by atoms with E-state index < -0.39 is 0 Å². The second kappa shape index (κ2) is 4.80. The molecule has 4 nitrogen and oxygen atoms in total. The second-order valence-electron chi connectivity index (χ2n) is 3.19. The molecule has 6 heteroatoms. The third-order valence-electron chi connectivity index (χ3n) is 1.79. The van der Waals surface area contributed by atoms with Crippen LogP contribution in [0.15, 0.2) is 39.3 Å². The summed E-state index contributed by atoms with van der Waals surface area (Å²) < 4.78 is 0.860. The van der Waals surface area contributed by atoms with Crippen molar-refractivity contribution in [2.45, 2.75) is 17.1 Å². The molecule has 0 saturated heterocycles. The van der Waals surface area contributed by atoms with E-state index in [1.54, 1.807) is 18.6 Å². The monoisotopic (exact) mass is 296 g/mol. The van der Waals surface area contributed by atoms with Gasteiger partial charge in [-0.15, -0.1) is 0 Å². The summed E-state index contributed by atoms with van der Waals surface area (Å²) in [6, 6.07) is 1.81. The molecule has 2 heterocycles. The molecule has 0 spiro atoms. The van der Waals surface area contributed by atoms with Crippen molar-refractivity contribution >= 4 is 33.4 Å². The molecule has 2 aromatic heterocycles. The minimum atomic E-state index is 0.614. The summed E-state index contributed by atoms with van der Waals surface area (Å²) in [4.78, 5) is 12.6. The van der Waals surface area contributed by atoms with Crippen molar-refractivity contribution in [3.63, 3.8) is 0 Å². The molecule has 2 N–H and O–H groups in total. The number of anilines is 1. The van der Waals surface area contributed by atoms with Gasteiger partial charge in [0.05, 0.1) is 5.69 Å². The molecule has 2 rings (SSSR count). The molecule has 0 bridgehead atoms. The maximum atomic E-state index is 5.83. The minimum absolute atomic E-state index is 0.614. The minimum Gasteiger partial charge on any atom is -0.396 e. The number of hydrogen-bond donors (Lipinski definition) is 1. The van der Waals surface area contributed by atoms with Crippen molar-refractivity contribution in [2.24, 2.45) is 0 Å². The fourth-order valence-corrected chi connectivity index (χ4v) is 2.06. The largest absolute Gasteiger partial charge is 0.396 e. The van der Waals surface area contributed by atoms with Gasteiger partial charge in [-0.2, -0.15) is 0 Å². The lowest BCUT2D eigenvalue weighted by atomic mass is 10.4. The standard InChI is InChI=1S/C10H9BrN4S/c1-6-3-14-10(15-4-6)16-9-8(12)2-7(11)5-13-9/h2-5H,12H2,1H3. The maximum absolute atomic E-state index is 5.83. The van der Waals surface area contributed by atoms with Gasteiger partial charge in [0.2, 0.25) is 0 Å². The van der Waals surface area contributed by atoms with Gasteiger partial charge in [0.25, 0.3) is 0 Å². The van der Waals surface area contributed by atoms with Crippen LogP contribution in [0.4, 0.5) is 5.69 Å². The summed E-state index contributed by atoms with van der Waals surface area (Å²) in [5.41, 5.74) is 7.47. The van der Waals surface area contributed by atoms with Crippen LogP contribution in [0.3, 0.4) is 0 Å². The first-order valence-corrected chi connectivity index (χ1v) is 6.13. The van der Waals surface area contributed by atoms with Gasteiger partial charge < -0.3 is 5.73 Å². The first kappa shape index (κ1) is 11.3. The Morgan fingerprint density at radius 3 is 2.50 bits per heavy atom. The number of pyridine rings is 1. The van der Waals surface area contributed by atoms with Crippen molar-refractivity contribution in [3.8, 4) is 0 Å². The number of nitrogen functional groups attached to an aromatic ring is 1. The predicted molar refractivity (Wildman–Crippen MR) is 67.2 cm³/mol. The van der Waals surface area contributed by atoms with E-state index in [9.17, 15) is 0 Å². The van der Waals surface area contributed by atoms with Gasteiger partial charge in [0.15, 0.2) is 5.16 Å². The number of nitrogens with two attached hydrogens (primary N) is 1. The molecule has 2 aromatic rings. The van der Waals surface area contributed by atoms with E-state index in [4.69, 9.17) is 5.73 Å². The van der Waals surface area contributed by atoms with Gasteiger partial charge in [-0.1, -0.05) is 0 Å². The fourth-order valence-electron chi connectivity index (χ4n) is 1.05. The number of halogens is 1. The Balaban J connectivity index is 2.23. The van der Waals surface area contributed by atoms with E-state index in [1.807, 2.05) is 13.0 Å². The molecule has 0 aromatic carbocycles. The lowest BCUT2D eigenvalue weighted by Crippen LogP contribution is -1.93. The van der Waals surface area contributed by atoms with Crippen LogP contribution in [-0.2, 0) is 0 Å². The van der Waals surface area contributed by atoms with Crippen molar-refractivity contribution in [1.29, 1.82) is 0 Å². The van der Waals surface area contributed by atoms with E-state index in [2.05, 4.69) is 30.9 Å². The Morgan fingerprint density at radius 2 is 1.88 bits per heavy atom.